The Morgan fingerprint density at radius 3 is 2.55 bits per heavy atom. The van der Waals surface area contributed by atoms with Gasteiger partial charge in [0, 0.05) is 12.2 Å². The van der Waals surface area contributed by atoms with Crippen molar-refractivity contribution >= 4 is 33.0 Å². The summed E-state index contributed by atoms with van der Waals surface area (Å²) in [5.74, 6) is -0.897. The Balaban J connectivity index is 1.55. The molecule has 0 spiro atoms. The maximum absolute atomic E-state index is 13.2. The van der Waals surface area contributed by atoms with E-state index in [0.29, 0.717) is 30.1 Å². The van der Waals surface area contributed by atoms with Crippen molar-refractivity contribution < 1.29 is 17.6 Å². The lowest BCUT2D eigenvalue weighted by Crippen LogP contribution is -2.30. The van der Waals surface area contributed by atoms with E-state index >= 15 is 0 Å². The molecule has 1 amide bonds. The van der Waals surface area contributed by atoms with Crippen LogP contribution in [0, 0.1) is 5.82 Å². The van der Waals surface area contributed by atoms with Gasteiger partial charge in [-0.05, 0) is 49.2 Å². The molecule has 0 bridgehead atoms. The zero-order valence-electron chi connectivity index (χ0n) is 15.2. The van der Waals surface area contributed by atoms with E-state index in [-0.39, 0.29) is 9.90 Å². The molecule has 29 heavy (non-hydrogen) atoms. The molecular formula is C19H17FN4O3S2. The first-order chi connectivity index (χ1) is 13.9. The molecule has 1 aliphatic heterocycles. The second-order valence-electron chi connectivity index (χ2n) is 6.49. The molecule has 1 atom stereocenters. The van der Waals surface area contributed by atoms with E-state index in [2.05, 4.69) is 15.5 Å². The van der Waals surface area contributed by atoms with Gasteiger partial charge in [-0.2, -0.15) is 4.31 Å². The second-order valence-corrected chi connectivity index (χ2v) is 9.39. The van der Waals surface area contributed by atoms with Gasteiger partial charge in [0.1, 0.15) is 10.8 Å². The SMILES string of the molecule is O=C(Nc1ccccc1)c1nnc([C@H]2CCCN2S(=O)(=O)c2ccc(F)cc2)s1. The van der Waals surface area contributed by atoms with Crippen LogP contribution >= 0.6 is 11.3 Å². The molecule has 150 valence electrons. The van der Waals surface area contributed by atoms with Gasteiger partial charge in [-0.15, -0.1) is 10.2 Å². The van der Waals surface area contributed by atoms with Gasteiger partial charge in [0.15, 0.2) is 0 Å². The number of sulfonamides is 1. The number of nitrogens with zero attached hydrogens (tertiary/aromatic N) is 3. The summed E-state index contributed by atoms with van der Waals surface area (Å²) in [5, 5.41) is 11.4. The summed E-state index contributed by atoms with van der Waals surface area (Å²) in [4.78, 5) is 12.4. The zero-order chi connectivity index (χ0) is 20.4. The predicted octanol–water partition coefficient (Wildman–Crippen LogP) is 3.46. The van der Waals surface area contributed by atoms with Crippen molar-refractivity contribution in [2.24, 2.45) is 0 Å². The number of benzene rings is 2. The largest absolute Gasteiger partial charge is 0.320 e. The standard InChI is InChI=1S/C19H17FN4O3S2/c20-13-8-10-15(11-9-13)29(26,27)24-12-4-7-16(24)18-22-23-19(28-18)17(25)21-14-5-2-1-3-6-14/h1-3,5-6,8-11,16H,4,7,12H2,(H,21,25)/t16-/m1/s1. The third kappa shape index (κ3) is 4.04. The van der Waals surface area contributed by atoms with Crippen molar-refractivity contribution in [3.63, 3.8) is 0 Å². The maximum atomic E-state index is 13.2. The molecule has 0 saturated carbocycles. The summed E-state index contributed by atoms with van der Waals surface area (Å²) in [7, 11) is -3.81. The van der Waals surface area contributed by atoms with Crippen molar-refractivity contribution in [2.75, 3.05) is 11.9 Å². The molecule has 0 unspecified atom stereocenters. The highest BCUT2D eigenvalue weighted by Gasteiger charge is 2.38. The molecule has 1 fully saturated rings. The van der Waals surface area contributed by atoms with Crippen LogP contribution in [0.5, 0.6) is 0 Å². The van der Waals surface area contributed by atoms with Crippen LogP contribution in [0.2, 0.25) is 0 Å². The molecule has 0 radical (unpaired) electrons. The molecule has 1 N–H and O–H groups in total. The molecule has 4 rings (SSSR count). The molecule has 3 aromatic rings. The van der Waals surface area contributed by atoms with E-state index in [4.69, 9.17) is 0 Å². The number of para-hydroxylation sites is 1. The molecule has 2 heterocycles. The average Bonchev–Trinajstić information content (AvgIpc) is 3.39. The minimum absolute atomic E-state index is 0.0253. The van der Waals surface area contributed by atoms with Crippen molar-refractivity contribution in [1.82, 2.24) is 14.5 Å². The Morgan fingerprint density at radius 1 is 1.10 bits per heavy atom. The monoisotopic (exact) mass is 432 g/mol. The van der Waals surface area contributed by atoms with Gasteiger partial charge in [-0.1, -0.05) is 29.5 Å². The number of aromatic nitrogens is 2. The summed E-state index contributed by atoms with van der Waals surface area (Å²) < 4.78 is 40.5. The van der Waals surface area contributed by atoms with E-state index in [1.165, 1.54) is 16.4 Å². The first-order valence-corrected chi connectivity index (χ1v) is 11.2. The molecular weight excluding hydrogens is 415 g/mol. The molecule has 0 aliphatic carbocycles. The highest BCUT2D eigenvalue weighted by molar-refractivity contribution is 7.89. The van der Waals surface area contributed by atoms with E-state index in [1.807, 2.05) is 6.07 Å². The van der Waals surface area contributed by atoms with Crippen molar-refractivity contribution in [3.8, 4) is 0 Å². The fraction of sp³-hybridized carbons (Fsp3) is 0.211. The number of hydrogen-bond acceptors (Lipinski definition) is 6. The zero-order valence-corrected chi connectivity index (χ0v) is 16.8. The first-order valence-electron chi connectivity index (χ1n) is 8.92. The minimum atomic E-state index is -3.81. The Hall–Kier alpha value is -2.69. The number of rotatable bonds is 5. The van der Waals surface area contributed by atoms with Crippen LogP contribution in [0.3, 0.4) is 0 Å². The molecule has 7 nitrogen and oxygen atoms in total. The van der Waals surface area contributed by atoms with Gasteiger partial charge in [0.05, 0.1) is 10.9 Å². The highest BCUT2D eigenvalue weighted by atomic mass is 32.2. The van der Waals surface area contributed by atoms with Gasteiger partial charge in [0.2, 0.25) is 15.0 Å². The van der Waals surface area contributed by atoms with E-state index in [0.717, 1.165) is 23.5 Å². The van der Waals surface area contributed by atoms with Crippen LogP contribution in [0.1, 0.15) is 33.7 Å². The molecule has 2 aromatic carbocycles. The highest BCUT2D eigenvalue weighted by Crippen LogP contribution is 2.37. The molecule has 1 aromatic heterocycles. The van der Waals surface area contributed by atoms with Crippen LogP contribution in [0.15, 0.2) is 59.5 Å². The Labute approximate surface area is 171 Å². The average molecular weight is 433 g/mol. The van der Waals surface area contributed by atoms with E-state index in [1.54, 1.807) is 24.3 Å². The lowest BCUT2D eigenvalue weighted by Gasteiger charge is -2.22. The smallest absolute Gasteiger partial charge is 0.286 e. The Kier molecular flexibility index (Phi) is 5.39. The van der Waals surface area contributed by atoms with Crippen molar-refractivity contribution in [2.45, 2.75) is 23.8 Å². The van der Waals surface area contributed by atoms with E-state index < -0.39 is 27.8 Å². The van der Waals surface area contributed by atoms with Gasteiger partial charge in [-0.25, -0.2) is 12.8 Å². The molecule has 10 heteroatoms. The number of halogens is 1. The quantitative estimate of drug-likeness (QED) is 0.667. The van der Waals surface area contributed by atoms with Gasteiger partial charge in [0.25, 0.3) is 5.91 Å². The maximum Gasteiger partial charge on any atom is 0.286 e. The minimum Gasteiger partial charge on any atom is -0.320 e. The van der Waals surface area contributed by atoms with Crippen molar-refractivity contribution in [1.29, 1.82) is 0 Å². The third-order valence-corrected chi connectivity index (χ3v) is 7.52. The number of carbonyl (C=O) groups excluding carboxylic acids is 1. The first kappa shape index (κ1) is 19.6. The normalized spacial score (nSPS) is 17.3. The number of anilines is 1. The van der Waals surface area contributed by atoms with Crippen LogP contribution in [-0.2, 0) is 10.0 Å². The molecule has 1 saturated heterocycles. The summed E-state index contributed by atoms with van der Waals surface area (Å²) in [6.07, 6.45) is 1.24. The predicted molar refractivity (Wildman–Crippen MR) is 107 cm³/mol. The number of hydrogen-bond donors (Lipinski definition) is 1. The van der Waals surface area contributed by atoms with Crippen LogP contribution in [0.25, 0.3) is 0 Å². The fourth-order valence-electron chi connectivity index (χ4n) is 3.18. The summed E-state index contributed by atoms with van der Waals surface area (Å²) in [6, 6.07) is 13.2. The second kappa shape index (κ2) is 7.97. The van der Waals surface area contributed by atoms with Gasteiger partial charge < -0.3 is 5.32 Å². The van der Waals surface area contributed by atoms with Crippen LogP contribution in [0.4, 0.5) is 10.1 Å². The van der Waals surface area contributed by atoms with E-state index in [9.17, 15) is 17.6 Å². The lowest BCUT2D eigenvalue weighted by molar-refractivity contribution is 0.102. The Morgan fingerprint density at radius 2 is 1.83 bits per heavy atom. The summed E-state index contributed by atoms with van der Waals surface area (Å²) >= 11 is 1.07. The third-order valence-electron chi connectivity index (χ3n) is 4.58. The number of carbonyl (C=O) groups is 1. The Bertz CT molecular complexity index is 1120. The fourth-order valence-corrected chi connectivity index (χ4v) is 5.80. The topological polar surface area (TPSA) is 92.3 Å². The van der Waals surface area contributed by atoms with Gasteiger partial charge >= 0.3 is 0 Å². The number of amides is 1. The summed E-state index contributed by atoms with van der Waals surface area (Å²) in [6.45, 7) is 0.329. The van der Waals surface area contributed by atoms with Crippen LogP contribution in [-0.4, -0.2) is 35.4 Å². The lowest BCUT2D eigenvalue weighted by atomic mass is 10.2. The van der Waals surface area contributed by atoms with Crippen LogP contribution < -0.4 is 5.32 Å². The van der Waals surface area contributed by atoms with Gasteiger partial charge in [-0.3, -0.25) is 4.79 Å². The van der Waals surface area contributed by atoms with Crippen molar-refractivity contribution in [3.05, 3.63) is 70.4 Å². The number of nitrogens with one attached hydrogen (secondary N) is 1. The molecule has 1 aliphatic rings. The summed E-state index contributed by atoms with van der Waals surface area (Å²) in [5.41, 5.74) is 0.635.